The van der Waals surface area contributed by atoms with E-state index in [2.05, 4.69) is 75.3 Å². The highest BCUT2D eigenvalue weighted by molar-refractivity contribution is 6.02. The van der Waals surface area contributed by atoms with Gasteiger partial charge in [0.05, 0.1) is 17.4 Å². The maximum Gasteiger partial charge on any atom is 0.246 e. The summed E-state index contributed by atoms with van der Waals surface area (Å²) in [6, 6.07) is 8.51. The molecule has 1 aromatic carbocycles. The molecule has 1 saturated heterocycles. The fraction of sp³-hybridized carbons (Fsp3) is 0.657. The Balaban J connectivity index is 1.40. The zero-order valence-electron chi connectivity index (χ0n) is 26.5. The zero-order valence-corrected chi connectivity index (χ0v) is 26.5. The molecule has 7 rings (SSSR count). The van der Waals surface area contributed by atoms with Gasteiger partial charge in [0.15, 0.2) is 5.79 Å². The Morgan fingerprint density at radius 3 is 2.72 bits per heavy atom. The van der Waals surface area contributed by atoms with Gasteiger partial charge >= 0.3 is 0 Å². The first kappa shape index (κ1) is 29.2. The number of carbonyl (C=O) groups excluding carboxylic acids is 1. The number of aliphatic imine (C=N–C) groups is 1. The normalized spacial score (nSPS) is 39.7. The molecule has 8 heteroatoms. The van der Waals surface area contributed by atoms with Crippen LogP contribution in [0.15, 0.2) is 40.9 Å². The van der Waals surface area contributed by atoms with Crippen molar-refractivity contribution in [1.82, 2.24) is 10.3 Å². The number of hydrogen-bond donors (Lipinski definition) is 3. The van der Waals surface area contributed by atoms with Crippen LogP contribution >= 0.6 is 0 Å². The number of H-pyrrole nitrogens is 1. The Morgan fingerprint density at radius 1 is 1.16 bits per heavy atom. The molecule has 7 atom stereocenters. The molecule has 3 heterocycles. The van der Waals surface area contributed by atoms with E-state index in [9.17, 15) is 9.90 Å². The number of ether oxygens (including phenoxy) is 3. The Labute approximate surface area is 254 Å². The van der Waals surface area contributed by atoms with Crippen LogP contribution in [0.3, 0.4) is 0 Å². The molecular weight excluding hydrogens is 542 g/mol. The van der Waals surface area contributed by atoms with Crippen molar-refractivity contribution < 1.29 is 24.1 Å². The molecule has 232 valence electrons. The van der Waals surface area contributed by atoms with E-state index in [1.807, 2.05) is 6.92 Å². The van der Waals surface area contributed by atoms with Crippen LogP contribution in [0.4, 0.5) is 0 Å². The number of aromatic nitrogens is 1. The Bertz CT molecular complexity index is 1530. The molecule has 3 N–H and O–H groups in total. The maximum atomic E-state index is 13.6. The van der Waals surface area contributed by atoms with Crippen LogP contribution in [0, 0.1) is 11.3 Å². The van der Waals surface area contributed by atoms with Gasteiger partial charge in [-0.2, -0.15) is 0 Å². The van der Waals surface area contributed by atoms with E-state index in [1.165, 1.54) is 16.6 Å². The first-order valence-electron chi connectivity index (χ1n) is 16.3. The summed E-state index contributed by atoms with van der Waals surface area (Å²) in [7, 11) is 0. The average molecular weight is 590 g/mol. The second-order valence-electron chi connectivity index (χ2n) is 14.4. The summed E-state index contributed by atoms with van der Waals surface area (Å²) in [4.78, 5) is 21.6. The molecule has 0 radical (unpaired) electrons. The number of hydrogen-bond acceptors (Lipinski definition) is 6. The minimum Gasteiger partial charge on any atom is -0.382 e. The SMILES string of the molecule is CCCN=C1C=C2[C@@]3(CCC4(C)[C@@]5(C)c6[nH]c7ccccc7c6CC5C[C@H](OCC(=O)NCCC)[C@@]24O)OC1C(C)(C)O3. The van der Waals surface area contributed by atoms with Gasteiger partial charge in [-0.15, -0.1) is 0 Å². The number of benzene rings is 1. The summed E-state index contributed by atoms with van der Waals surface area (Å²) in [5, 5.41) is 17.8. The van der Waals surface area contributed by atoms with E-state index in [4.69, 9.17) is 19.2 Å². The minimum atomic E-state index is -1.47. The number of amides is 1. The van der Waals surface area contributed by atoms with Crippen LogP contribution in [0.2, 0.25) is 0 Å². The highest BCUT2D eigenvalue weighted by Crippen LogP contribution is 2.72. The van der Waals surface area contributed by atoms with Gasteiger partial charge in [0.1, 0.15) is 18.3 Å². The Hall–Kier alpha value is -2.52. The summed E-state index contributed by atoms with van der Waals surface area (Å²) in [6.45, 7) is 14.0. The number of fused-ring (bicyclic) bond motifs is 9. The third kappa shape index (κ3) is 3.76. The van der Waals surface area contributed by atoms with Crippen LogP contribution in [0.5, 0.6) is 0 Å². The van der Waals surface area contributed by atoms with Gasteiger partial charge < -0.3 is 29.6 Å². The quantitative estimate of drug-likeness (QED) is 0.416. The molecule has 2 bridgehead atoms. The predicted molar refractivity (Wildman–Crippen MR) is 166 cm³/mol. The fourth-order valence-corrected chi connectivity index (χ4v) is 9.47. The fourth-order valence-electron chi connectivity index (χ4n) is 9.47. The highest BCUT2D eigenvalue weighted by Gasteiger charge is 2.77. The number of aromatic amines is 1. The van der Waals surface area contributed by atoms with E-state index >= 15 is 0 Å². The monoisotopic (exact) mass is 589 g/mol. The Kier molecular flexibility index (Phi) is 6.61. The number of rotatable bonds is 7. The first-order chi connectivity index (χ1) is 20.4. The van der Waals surface area contributed by atoms with E-state index in [1.54, 1.807) is 0 Å². The lowest BCUT2D eigenvalue weighted by molar-refractivity contribution is -0.278. The predicted octanol–water partition coefficient (Wildman–Crippen LogP) is 5.13. The summed E-state index contributed by atoms with van der Waals surface area (Å²) >= 11 is 0. The zero-order chi connectivity index (χ0) is 30.4. The van der Waals surface area contributed by atoms with Gasteiger partial charge in [0.25, 0.3) is 0 Å². The third-order valence-electron chi connectivity index (χ3n) is 11.8. The molecule has 1 spiro atoms. The molecule has 3 fully saturated rings. The lowest BCUT2D eigenvalue weighted by Gasteiger charge is -2.67. The van der Waals surface area contributed by atoms with Crippen LogP contribution in [0.1, 0.15) is 84.9 Å². The standard InChI is InChI=1S/C35H47N3O5/c1-7-15-36-25-19-26-34(42-30(25)31(3,4)43-34)14-13-32(5)33(6)21(17-23-22-11-9-10-12-24(22)38-29(23)33)18-27(35(26,32)40)41-20-28(39)37-16-8-2/h9-12,19,21,27,30,38,40H,7-8,13-18,20H2,1-6H3,(H,37,39)/t21?,27-,30?,32?,33+,34-,35-/m0/s1. The van der Waals surface area contributed by atoms with Gasteiger partial charge in [0.2, 0.25) is 5.91 Å². The lowest BCUT2D eigenvalue weighted by atomic mass is 9.41. The van der Waals surface area contributed by atoms with Crippen LogP contribution < -0.4 is 5.32 Å². The van der Waals surface area contributed by atoms with E-state index in [0.717, 1.165) is 30.5 Å². The van der Waals surface area contributed by atoms with Gasteiger partial charge in [-0.3, -0.25) is 9.79 Å². The van der Waals surface area contributed by atoms with Crippen LogP contribution in [-0.2, 0) is 30.8 Å². The number of nitrogens with one attached hydrogen (secondary N) is 2. The van der Waals surface area contributed by atoms with E-state index in [0.29, 0.717) is 37.9 Å². The molecule has 1 aromatic heterocycles. The van der Waals surface area contributed by atoms with Gasteiger partial charge in [-0.05, 0) is 69.6 Å². The van der Waals surface area contributed by atoms with Gasteiger partial charge in [0, 0.05) is 52.5 Å². The second-order valence-corrected chi connectivity index (χ2v) is 14.4. The number of carbonyl (C=O) groups is 1. The van der Waals surface area contributed by atoms with E-state index < -0.39 is 28.5 Å². The average Bonchev–Trinajstić information content (AvgIpc) is 3.56. The van der Waals surface area contributed by atoms with Crippen molar-refractivity contribution in [3.05, 3.63) is 47.2 Å². The molecule has 1 amide bonds. The molecule has 8 nitrogen and oxygen atoms in total. The van der Waals surface area contributed by atoms with Crippen molar-refractivity contribution in [3.63, 3.8) is 0 Å². The number of para-hydroxylation sites is 1. The van der Waals surface area contributed by atoms with Crippen molar-refractivity contribution in [2.75, 3.05) is 19.7 Å². The summed E-state index contributed by atoms with van der Waals surface area (Å²) in [6.07, 6.45) is 5.72. The third-order valence-corrected chi connectivity index (χ3v) is 11.8. The first-order valence-corrected chi connectivity index (χ1v) is 16.3. The molecule has 2 saturated carbocycles. The topological polar surface area (TPSA) is 105 Å². The number of aliphatic hydroxyl groups is 1. The van der Waals surface area contributed by atoms with E-state index in [-0.39, 0.29) is 30.0 Å². The Morgan fingerprint density at radius 2 is 1.95 bits per heavy atom. The van der Waals surface area contributed by atoms with Gasteiger partial charge in [-0.1, -0.05) is 45.9 Å². The molecular formula is C35H47N3O5. The molecule has 5 aliphatic rings. The summed E-state index contributed by atoms with van der Waals surface area (Å²) in [5.74, 6) is -0.996. The maximum absolute atomic E-state index is 13.6. The second kappa shape index (κ2) is 9.74. The van der Waals surface area contributed by atoms with Crippen molar-refractivity contribution in [2.24, 2.45) is 16.3 Å². The minimum absolute atomic E-state index is 0.104. The molecule has 43 heavy (non-hydrogen) atoms. The van der Waals surface area contributed by atoms with Crippen molar-refractivity contribution in [1.29, 1.82) is 0 Å². The van der Waals surface area contributed by atoms with Crippen molar-refractivity contribution in [2.45, 2.75) is 115 Å². The molecule has 3 unspecified atom stereocenters. The van der Waals surface area contributed by atoms with Crippen molar-refractivity contribution >= 4 is 22.5 Å². The highest BCUT2D eigenvalue weighted by atomic mass is 16.8. The summed E-state index contributed by atoms with van der Waals surface area (Å²) < 4.78 is 20.2. The largest absolute Gasteiger partial charge is 0.382 e. The van der Waals surface area contributed by atoms with Gasteiger partial charge in [-0.25, -0.2) is 0 Å². The molecule has 2 aliphatic heterocycles. The van der Waals surface area contributed by atoms with Crippen molar-refractivity contribution in [3.8, 4) is 0 Å². The lowest BCUT2D eigenvalue weighted by Crippen LogP contribution is -2.75. The number of nitrogens with zero attached hydrogens (tertiary/aromatic N) is 1. The molecule has 2 aromatic rings. The van der Waals surface area contributed by atoms with Crippen LogP contribution in [0.25, 0.3) is 10.9 Å². The molecule has 3 aliphatic carbocycles. The smallest absolute Gasteiger partial charge is 0.246 e. The van der Waals surface area contributed by atoms with Crippen LogP contribution in [-0.4, -0.2) is 70.6 Å². The summed E-state index contributed by atoms with van der Waals surface area (Å²) in [5.41, 5.74) is 2.10.